The highest BCUT2D eigenvalue weighted by Gasteiger charge is 2.34. The van der Waals surface area contributed by atoms with Crippen molar-refractivity contribution < 1.29 is 9.90 Å². The van der Waals surface area contributed by atoms with Crippen molar-refractivity contribution in [3.8, 4) is 0 Å². The third kappa shape index (κ3) is 3.43. The van der Waals surface area contributed by atoms with Crippen molar-refractivity contribution >= 4 is 11.6 Å². The van der Waals surface area contributed by atoms with Crippen molar-refractivity contribution in [1.82, 2.24) is 5.32 Å². The van der Waals surface area contributed by atoms with Crippen LogP contribution in [0.2, 0.25) is 0 Å². The number of aliphatic hydroxyl groups excluding tert-OH is 1. The number of carbonyl (C=O) groups excluding carboxylic acids is 1. The van der Waals surface area contributed by atoms with E-state index in [9.17, 15) is 9.90 Å². The molecule has 0 bridgehead atoms. The molecule has 1 aromatic carbocycles. The van der Waals surface area contributed by atoms with Gasteiger partial charge in [0.1, 0.15) is 0 Å². The Hall–Kier alpha value is -1.39. The molecule has 0 aromatic heterocycles. The van der Waals surface area contributed by atoms with Gasteiger partial charge in [-0.1, -0.05) is 25.1 Å². The molecule has 4 nitrogen and oxygen atoms in total. The fourth-order valence-corrected chi connectivity index (χ4v) is 4.05. The van der Waals surface area contributed by atoms with Crippen molar-refractivity contribution in [3.63, 3.8) is 0 Å². The zero-order valence-corrected chi connectivity index (χ0v) is 14.2. The molecule has 0 spiro atoms. The highest BCUT2D eigenvalue weighted by atomic mass is 16.3. The lowest BCUT2D eigenvalue weighted by Crippen LogP contribution is -2.47. The first-order chi connectivity index (χ1) is 11.1. The number of hydrogen-bond donors (Lipinski definition) is 2. The second kappa shape index (κ2) is 7.02. The summed E-state index contributed by atoms with van der Waals surface area (Å²) in [6, 6.07) is 9.26. The average molecular weight is 316 g/mol. The lowest BCUT2D eigenvalue weighted by molar-refractivity contribution is -0.118. The highest BCUT2D eigenvalue weighted by molar-refractivity contribution is 5.95. The van der Waals surface area contributed by atoms with Gasteiger partial charge in [-0.05, 0) is 50.7 Å². The molecule has 1 aliphatic heterocycles. The van der Waals surface area contributed by atoms with Crippen molar-refractivity contribution in [2.45, 2.75) is 76.6 Å². The van der Waals surface area contributed by atoms with Gasteiger partial charge >= 0.3 is 0 Å². The number of fused-ring (bicyclic) bond motifs is 1. The monoisotopic (exact) mass is 316 g/mol. The number of carbonyl (C=O) groups is 1. The first-order valence-electron chi connectivity index (χ1n) is 8.95. The molecule has 1 aliphatic carbocycles. The summed E-state index contributed by atoms with van der Waals surface area (Å²) in [6.07, 6.45) is 5.21. The zero-order chi connectivity index (χ0) is 16.4. The topological polar surface area (TPSA) is 52.6 Å². The van der Waals surface area contributed by atoms with Crippen LogP contribution in [-0.4, -0.2) is 29.2 Å². The van der Waals surface area contributed by atoms with E-state index in [0.29, 0.717) is 18.5 Å². The third-order valence-electron chi connectivity index (χ3n) is 5.29. The maximum absolute atomic E-state index is 12.4. The molecule has 4 heteroatoms. The number of benzene rings is 1. The van der Waals surface area contributed by atoms with Crippen LogP contribution < -0.4 is 10.2 Å². The van der Waals surface area contributed by atoms with Crippen LogP contribution >= 0.6 is 0 Å². The summed E-state index contributed by atoms with van der Waals surface area (Å²) >= 11 is 0. The lowest BCUT2D eigenvalue weighted by atomic mass is 9.88. The lowest BCUT2D eigenvalue weighted by Gasteiger charge is -2.41. The van der Waals surface area contributed by atoms with Gasteiger partial charge in [-0.25, -0.2) is 0 Å². The molecule has 2 N–H and O–H groups in total. The molecule has 1 fully saturated rings. The number of para-hydroxylation sites is 1. The SMILES string of the molecule is CCC(=O)N1c2ccccc2[C@H](NC2CCC(O)CC2)C[C@@H]1C. The molecular formula is C19H28N2O2. The number of nitrogens with one attached hydrogen (secondary N) is 1. The summed E-state index contributed by atoms with van der Waals surface area (Å²) in [4.78, 5) is 14.3. The molecule has 1 heterocycles. The molecular weight excluding hydrogens is 288 g/mol. The van der Waals surface area contributed by atoms with Gasteiger partial charge in [-0.3, -0.25) is 4.79 Å². The Morgan fingerprint density at radius 1 is 1.26 bits per heavy atom. The highest BCUT2D eigenvalue weighted by Crippen LogP contribution is 2.38. The van der Waals surface area contributed by atoms with E-state index < -0.39 is 0 Å². The molecule has 126 valence electrons. The summed E-state index contributed by atoms with van der Waals surface area (Å²) in [5.74, 6) is 0.198. The number of rotatable bonds is 3. The van der Waals surface area contributed by atoms with Gasteiger partial charge in [-0.2, -0.15) is 0 Å². The van der Waals surface area contributed by atoms with Crippen molar-refractivity contribution in [1.29, 1.82) is 0 Å². The molecule has 0 radical (unpaired) electrons. The summed E-state index contributed by atoms with van der Waals surface area (Å²) in [5, 5.41) is 13.5. The van der Waals surface area contributed by atoms with Gasteiger partial charge in [0.15, 0.2) is 0 Å². The van der Waals surface area contributed by atoms with Crippen LogP contribution in [0.5, 0.6) is 0 Å². The Bertz CT molecular complexity index is 552. The van der Waals surface area contributed by atoms with Crippen LogP contribution in [0.1, 0.15) is 64.0 Å². The average Bonchev–Trinajstić information content (AvgIpc) is 2.56. The number of nitrogens with zero attached hydrogens (tertiary/aromatic N) is 1. The van der Waals surface area contributed by atoms with E-state index in [1.165, 1.54) is 5.56 Å². The minimum Gasteiger partial charge on any atom is -0.393 e. The Labute approximate surface area is 138 Å². The summed E-state index contributed by atoms with van der Waals surface area (Å²) < 4.78 is 0. The second-order valence-electron chi connectivity index (χ2n) is 6.99. The maximum Gasteiger partial charge on any atom is 0.226 e. The van der Waals surface area contributed by atoms with Crippen LogP contribution in [0, 0.1) is 0 Å². The summed E-state index contributed by atoms with van der Waals surface area (Å²) in [7, 11) is 0. The minimum absolute atomic E-state index is 0.122. The van der Waals surface area contributed by atoms with Gasteiger partial charge < -0.3 is 15.3 Å². The molecule has 0 saturated heterocycles. The Morgan fingerprint density at radius 3 is 2.65 bits per heavy atom. The van der Waals surface area contributed by atoms with E-state index in [2.05, 4.69) is 30.4 Å². The van der Waals surface area contributed by atoms with E-state index >= 15 is 0 Å². The molecule has 1 amide bonds. The fourth-order valence-electron chi connectivity index (χ4n) is 4.05. The van der Waals surface area contributed by atoms with Gasteiger partial charge in [0.25, 0.3) is 0 Å². The summed E-state index contributed by atoms with van der Waals surface area (Å²) in [5.41, 5.74) is 2.30. The quantitative estimate of drug-likeness (QED) is 0.900. The van der Waals surface area contributed by atoms with Crippen LogP contribution in [0.15, 0.2) is 24.3 Å². The van der Waals surface area contributed by atoms with Gasteiger partial charge in [0.05, 0.1) is 6.10 Å². The normalized spacial score (nSPS) is 30.8. The number of amides is 1. The van der Waals surface area contributed by atoms with Crippen molar-refractivity contribution in [2.24, 2.45) is 0 Å². The number of aliphatic hydroxyl groups is 1. The Kier molecular flexibility index (Phi) is 5.02. The standard InChI is InChI=1S/C19H28N2O2/c1-3-19(23)21-13(2)12-17(16-6-4-5-7-18(16)21)20-14-8-10-15(22)11-9-14/h4-7,13-15,17,20,22H,3,8-12H2,1-2H3/t13-,14?,15?,17+/m0/s1. The van der Waals surface area contributed by atoms with E-state index in [0.717, 1.165) is 37.8 Å². The predicted octanol–water partition coefficient (Wildman–Crippen LogP) is 3.16. The molecule has 23 heavy (non-hydrogen) atoms. The molecule has 1 saturated carbocycles. The van der Waals surface area contributed by atoms with Crippen LogP contribution in [-0.2, 0) is 4.79 Å². The minimum atomic E-state index is -0.122. The maximum atomic E-state index is 12.4. The predicted molar refractivity (Wildman–Crippen MR) is 92.4 cm³/mol. The van der Waals surface area contributed by atoms with Gasteiger partial charge in [0, 0.05) is 30.2 Å². The first-order valence-corrected chi connectivity index (χ1v) is 8.95. The van der Waals surface area contributed by atoms with E-state index in [-0.39, 0.29) is 18.1 Å². The Morgan fingerprint density at radius 2 is 1.96 bits per heavy atom. The first kappa shape index (κ1) is 16.5. The summed E-state index contributed by atoms with van der Waals surface area (Å²) in [6.45, 7) is 4.07. The Balaban J connectivity index is 1.81. The second-order valence-corrected chi connectivity index (χ2v) is 6.99. The van der Waals surface area contributed by atoms with E-state index in [1.807, 2.05) is 17.9 Å². The van der Waals surface area contributed by atoms with Gasteiger partial charge in [0.2, 0.25) is 5.91 Å². The van der Waals surface area contributed by atoms with Gasteiger partial charge in [-0.15, -0.1) is 0 Å². The van der Waals surface area contributed by atoms with Crippen LogP contribution in [0.3, 0.4) is 0 Å². The largest absolute Gasteiger partial charge is 0.393 e. The zero-order valence-electron chi connectivity index (χ0n) is 14.2. The van der Waals surface area contributed by atoms with Crippen LogP contribution in [0.4, 0.5) is 5.69 Å². The molecule has 2 aliphatic rings. The van der Waals surface area contributed by atoms with Crippen molar-refractivity contribution in [3.05, 3.63) is 29.8 Å². The molecule has 0 unspecified atom stereocenters. The smallest absolute Gasteiger partial charge is 0.226 e. The number of hydrogen-bond acceptors (Lipinski definition) is 3. The number of anilines is 1. The molecule has 2 atom stereocenters. The van der Waals surface area contributed by atoms with Crippen LogP contribution in [0.25, 0.3) is 0 Å². The third-order valence-corrected chi connectivity index (χ3v) is 5.29. The molecule has 3 rings (SSSR count). The van der Waals surface area contributed by atoms with E-state index in [4.69, 9.17) is 0 Å². The fraction of sp³-hybridized carbons (Fsp3) is 0.632. The molecule has 1 aromatic rings. The van der Waals surface area contributed by atoms with E-state index in [1.54, 1.807) is 0 Å². The van der Waals surface area contributed by atoms with Crippen molar-refractivity contribution in [2.75, 3.05) is 4.90 Å².